The first kappa shape index (κ1) is 25.0. The predicted octanol–water partition coefficient (Wildman–Crippen LogP) is 1.61. The van der Waals surface area contributed by atoms with Crippen LogP contribution in [0.3, 0.4) is 0 Å². The smallest absolute Gasteiger partial charge is 0.222 e. The lowest BCUT2D eigenvalue weighted by Crippen LogP contribution is -2.39. The molecule has 4 atom stereocenters. The summed E-state index contributed by atoms with van der Waals surface area (Å²) in [5.41, 5.74) is 2.95. The molecule has 1 aliphatic heterocycles. The Labute approximate surface area is 176 Å². The third kappa shape index (κ3) is 5.96. The van der Waals surface area contributed by atoms with Gasteiger partial charge in [-0.2, -0.15) is 5.10 Å². The number of aliphatic hydroxyl groups is 2. The molecule has 0 spiro atoms. The molecule has 1 amide bonds. The van der Waals surface area contributed by atoms with Crippen molar-refractivity contribution < 1.29 is 19.7 Å². The van der Waals surface area contributed by atoms with Gasteiger partial charge in [0.2, 0.25) is 5.91 Å². The Kier molecular flexibility index (Phi) is 9.15. The number of nitrogens with zero attached hydrogens (tertiary/aromatic N) is 3. The summed E-state index contributed by atoms with van der Waals surface area (Å²) >= 11 is 5.96. The average molecular weight is 428 g/mol. The number of aryl methyl sites for hydroxylation is 1. The number of hydrogen-bond acceptors (Lipinski definition) is 8. The number of amides is 1. The fourth-order valence-corrected chi connectivity index (χ4v) is 3.07. The van der Waals surface area contributed by atoms with Crippen molar-refractivity contribution in [3.63, 3.8) is 0 Å². The van der Waals surface area contributed by atoms with Crippen LogP contribution in [0.4, 0.5) is 5.82 Å². The monoisotopic (exact) mass is 427 g/mol. The van der Waals surface area contributed by atoms with Gasteiger partial charge in [-0.25, -0.2) is 9.97 Å². The number of rotatable bonds is 4. The van der Waals surface area contributed by atoms with Gasteiger partial charge in [-0.1, -0.05) is 6.08 Å². The van der Waals surface area contributed by atoms with Crippen molar-refractivity contribution in [2.45, 2.75) is 64.7 Å². The summed E-state index contributed by atoms with van der Waals surface area (Å²) in [6.45, 7) is 10.2. The maximum atomic E-state index is 11.2. The number of hydrogen-bond donors (Lipinski definition) is 4. The van der Waals surface area contributed by atoms with Gasteiger partial charge in [-0.15, -0.1) is 11.6 Å². The van der Waals surface area contributed by atoms with Gasteiger partial charge in [0.25, 0.3) is 0 Å². The molecule has 0 bridgehead atoms. The minimum atomic E-state index is -0.788. The maximum absolute atomic E-state index is 11.2. The van der Waals surface area contributed by atoms with Crippen LogP contribution in [0.15, 0.2) is 17.5 Å². The van der Waals surface area contributed by atoms with Gasteiger partial charge in [-0.3, -0.25) is 4.79 Å². The number of allylic oxidation sites excluding steroid dienone is 2. The van der Waals surface area contributed by atoms with Gasteiger partial charge >= 0.3 is 0 Å². The molecule has 162 valence electrons. The molecule has 3 unspecified atom stereocenters. The van der Waals surface area contributed by atoms with Crippen molar-refractivity contribution in [2.24, 2.45) is 10.9 Å². The molecule has 1 aromatic heterocycles. The molecule has 10 heteroatoms. The van der Waals surface area contributed by atoms with Crippen LogP contribution in [-0.2, 0) is 9.53 Å². The second-order valence-corrected chi connectivity index (χ2v) is 7.69. The highest BCUT2D eigenvalue weighted by Crippen LogP contribution is 2.36. The van der Waals surface area contributed by atoms with Crippen molar-refractivity contribution in [1.29, 1.82) is 0 Å². The van der Waals surface area contributed by atoms with Crippen molar-refractivity contribution in [2.75, 3.05) is 11.9 Å². The van der Waals surface area contributed by atoms with E-state index in [0.29, 0.717) is 11.5 Å². The van der Waals surface area contributed by atoms with Gasteiger partial charge < -0.3 is 26.1 Å². The zero-order valence-electron chi connectivity index (χ0n) is 17.6. The highest BCUT2D eigenvalue weighted by atomic mass is 35.5. The molecule has 0 aliphatic carbocycles. The Morgan fingerprint density at radius 1 is 1.48 bits per heavy atom. The average Bonchev–Trinajstić information content (AvgIpc) is 2.86. The van der Waals surface area contributed by atoms with Gasteiger partial charge in [0.1, 0.15) is 24.4 Å². The van der Waals surface area contributed by atoms with Gasteiger partial charge in [0, 0.05) is 18.1 Å². The quantitative estimate of drug-likeness (QED) is 0.247. The number of carbonyl (C=O) groups excluding carboxylic acids is 1. The number of nitrogens with one attached hydrogen (secondary N) is 1. The first-order chi connectivity index (χ1) is 13.5. The van der Waals surface area contributed by atoms with Gasteiger partial charge in [0.05, 0.1) is 29.0 Å². The summed E-state index contributed by atoms with van der Waals surface area (Å²) in [7, 11) is 0. The van der Waals surface area contributed by atoms with Crippen molar-refractivity contribution in [3.8, 4) is 0 Å². The molecule has 0 aromatic carbocycles. The number of alkyl halides is 1. The zero-order valence-corrected chi connectivity index (χ0v) is 18.4. The standard InChI is InChI=1S/C12H17N5O.C7H13ClO3/c1-5-10(7(2)17-13)11-8(3)14-6-15-12(11)16-9(4)18;1-4-7(2,8)6(10)5(3-9)11-4/h5-6H,13H2,1-4H3,(H,14,15,16,18);4-6,9-10H,3H2,1-2H3/b10-5-,17-7+;/t;4-,5?,6?,7?/m.0/s1. The number of aliphatic hydroxyl groups excluding tert-OH is 2. The molecule has 2 heterocycles. The molecule has 29 heavy (non-hydrogen) atoms. The summed E-state index contributed by atoms with van der Waals surface area (Å²) in [4.78, 5) is 18.6. The minimum Gasteiger partial charge on any atom is -0.394 e. The third-order valence-corrected chi connectivity index (χ3v) is 5.29. The molecular formula is C19H30ClN5O4. The fourth-order valence-electron chi connectivity index (χ4n) is 2.88. The highest BCUT2D eigenvalue weighted by molar-refractivity contribution is 6.25. The molecule has 1 aromatic rings. The lowest BCUT2D eigenvalue weighted by Gasteiger charge is -2.22. The Morgan fingerprint density at radius 2 is 2.10 bits per heavy atom. The molecular weight excluding hydrogens is 398 g/mol. The van der Waals surface area contributed by atoms with Gasteiger partial charge in [0.15, 0.2) is 0 Å². The second kappa shape index (κ2) is 10.6. The Hall–Kier alpha value is -2.07. The summed E-state index contributed by atoms with van der Waals surface area (Å²) in [5, 5.41) is 24.6. The van der Waals surface area contributed by atoms with Crippen LogP contribution < -0.4 is 11.2 Å². The van der Waals surface area contributed by atoms with Crippen LogP contribution in [0.2, 0.25) is 0 Å². The molecule has 1 aliphatic rings. The normalized spacial score (nSPS) is 27.3. The number of ether oxygens (including phenoxy) is 1. The lowest BCUT2D eigenvalue weighted by molar-refractivity contribution is -0.114. The Balaban J connectivity index is 0.000000326. The first-order valence-corrected chi connectivity index (χ1v) is 9.52. The van der Waals surface area contributed by atoms with Crippen LogP contribution in [0.25, 0.3) is 5.57 Å². The maximum Gasteiger partial charge on any atom is 0.222 e. The lowest BCUT2D eigenvalue weighted by atomic mass is 9.99. The summed E-state index contributed by atoms with van der Waals surface area (Å²) in [5.74, 6) is 5.58. The van der Waals surface area contributed by atoms with E-state index in [9.17, 15) is 9.90 Å². The van der Waals surface area contributed by atoms with E-state index in [0.717, 1.165) is 16.8 Å². The summed E-state index contributed by atoms with van der Waals surface area (Å²) in [6.07, 6.45) is 1.72. The van der Waals surface area contributed by atoms with E-state index in [1.54, 1.807) is 20.8 Å². The molecule has 0 saturated carbocycles. The number of hydrazone groups is 1. The van der Waals surface area contributed by atoms with Crippen LogP contribution >= 0.6 is 11.6 Å². The number of halogens is 1. The molecule has 0 radical (unpaired) electrons. The van der Waals surface area contributed by atoms with E-state index in [4.69, 9.17) is 27.3 Å². The van der Waals surface area contributed by atoms with E-state index in [2.05, 4.69) is 20.4 Å². The minimum absolute atomic E-state index is 0.187. The third-order valence-electron chi connectivity index (χ3n) is 4.76. The van der Waals surface area contributed by atoms with Crippen molar-refractivity contribution >= 4 is 34.6 Å². The number of anilines is 1. The summed E-state index contributed by atoms with van der Waals surface area (Å²) < 4.78 is 5.21. The van der Waals surface area contributed by atoms with Crippen LogP contribution in [0, 0.1) is 6.92 Å². The van der Waals surface area contributed by atoms with Crippen molar-refractivity contribution in [3.05, 3.63) is 23.7 Å². The fraction of sp³-hybridized carbons (Fsp3) is 0.579. The van der Waals surface area contributed by atoms with E-state index in [1.807, 2.05) is 19.9 Å². The molecule has 1 saturated heterocycles. The molecule has 1 fully saturated rings. The van der Waals surface area contributed by atoms with E-state index in [1.165, 1.54) is 13.3 Å². The van der Waals surface area contributed by atoms with E-state index < -0.39 is 17.1 Å². The second-order valence-electron chi connectivity index (χ2n) is 6.88. The van der Waals surface area contributed by atoms with Crippen molar-refractivity contribution in [1.82, 2.24) is 9.97 Å². The number of carbonyl (C=O) groups is 1. The number of aromatic nitrogens is 2. The van der Waals surface area contributed by atoms with E-state index in [-0.39, 0.29) is 18.6 Å². The zero-order chi connectivity index (χ0) is 22.4. The molecule has 9 nitrogen and oxygen atoms in total. The SMILES string of the molecule is C/C=C(/C(C)=N/N)c1c(C)ncnc1NC(C)=O.C[C@@H]1OC(CO)C(O)C1(C)Cl. The van der Waals surface area contributed by atoms with E-state index >= 15 is 0 Å². The Morgan fingerprint density at radius 3 is 2.48 bits per heavy atom. The van der Waals surface area contributed by atoms with Gasteiger partial charge in [-0.05, 0) is 34.6 Å². The molecule has 2 rings (SSSR count). The first-order valence-electron chi connectivity index (χ1n) is 9.15. The van der Waals surface area contributed by atoms with Crippen LogP contribution in [-0.4, -0.2) is 61.6 Å². The number of nitrogens with two attached hydrogens (primary N) is 1. The highest BCUT2D eigenvalue weighted by Gasteiger charge is 2.49. The largest absolute Gasteiger partial charge is 0.394 e. The topological polar surface area (TPSA) is 143 Å². The predicted molar refractivity (Wildman–Crippen MR) is 114 cm³/mol. The molecule has 5 N–H and O–H groups in total. The summed E-state index contributed by atoms with van der Waals surface area (Å²) in [6, 6.07) is 0. The van der Waals surface area contributed by atoms with Crippen LogP contribution in [0.5, 0.6) is 0 Å². The Bertz CT molecular complexity index is 782. The van der Waals surface area contributed by atoms with Crippen LogP contribution in [0.1, 0.15) is 45.9 Å².